The topological polar surface area (TPSA) is 68.1 Å². The molecule has 1 heterocycles. The van der Waals surface area contributed by atoms with E-state index in [2.05, 4.69) is 10.2 Å². The van der Waals surface area contributed by atoms with E-state index >= 15 is 0 Å². The minimum atomic E-state index is -0.571. The number of aromatic amines is 1. The summed E-state index contributed by atoms with van der Waals surface area (Å²) in [5, 5.41) is 5.80. The largest absolute Gasteiger partial charge is 0.484 e. The summed E-state index contributed by atoms with van der Waals surface area (Å²) >= 11 is 0. The van der Waals surface area contributed by atoms with E-state index in [0.29, 0.717) is 0 Å². The maximum Gasteiger partial charge on any atom is 0.434 e. The Balaban J connectivity index is 2.05. The third kappa shape index (κ3) is 2.25. The molecule has 2 aromatic rings. The van der Waals surface area contributed by atoms with Gasteiger partial charge in [-0.2, -0.15) is 0 Å². The molecule has 0 aliphatic rings. The molecular weight excluding hydrogens is 196 g/mol. The molecule has 0 bridgehead atoms. The highest BCUT2D eigenvalue weighted by atomic mass is 16.5. The predicted molar refractivity (Wildman–Crippen MR) is 52.6 cm³/mol. The van der Waals surface area contributed by atoms with Crippen LogP contribution in [0.15, 0.2) is 33.5 Å². The van der Waals surface area contributed by atoms with Crippen molar-refractivity contribution in [1.82, 2.24) is 10.2 Å². The molecule has 78 valence electrons. The van der Waals surface area contributed by atoms with Crippen molar-refractivity contribution in [3.8, 4) is 5.75 Å². The van der Waals surface area contributed by atoms with Gasteiger partial charge < -0.3 is 9.15 Å². The second kappa shape index (κ2) is 4.00. The van der Waals surface area contributed by atoms with Crippen LogP contribution in [0.3, 0.4) is 0 Å². The van der Waals surface area contributed by atoms with Gasteiger partial charge in [-0.1, -0.05) is 18.2 Å². The zero-order valence-corrected chi connectivity index (χ0v) is 8.19. The van der Waals surface area contributed by atoms with Crippen molar-refractivity contribution >= 4 is 0 Å². The van der Waals surface area contributed by atoms with Crippen LogP contribution in [0, 0.1) is 6.92 Å². The van der Waals surface area contributed by atoms with Crippen LogP contribution < -0.4 is 10.5 Å². The van der Waals surface area contributed by atoms with Crippen LogP contribution in [-0.2, 0) is 6.61 Å². The molecule has 0 aliphatic heterocycles. The molecule has 1 N–H and O–H groups in total. The number of H-pyrrole nitrogens is 1. The molecule has 0 aliphatic carbocycles. The monoisotopic (exact) mass is 206 g/mol. The van der Waals surface area contributed by atoms with E-state index in [1.54, 1.807) is 0 Å². The zero-order valence-electron chi connectivity index (χ0n) is 8.19. The van der Waals surface area contributed by atoms with E-state index < -0.39 is 5.76 Å². The van der Waals surface area contributed by atoms with Crippen LogP contribution >= 0.6 is 0 Å². The molecule has 0 radical (unpaired) electrons. The summed E-state index contributed by atoms with van der Waals surface area (Å²) in [7, 11) is 0. The quantitative estimate of drug-likeness (QED) is 0.820. The number of para-hydroxylation sites is 1. The van der Waals surface area contributed by atoms with Gasteiger partial charge in [0.1, 0.15) is 5.75 Å². The minimum absolute atomic E-state index is 0.142. The predicted octanol–water partition coefficient (Wildman–Crippen LogP) is 1.25. The molecule has 1 aromatic carbocycles. The molecule has 5 heteroatoms. The Kier molecular flexibility index (Phi) is 2.53. The van der Waals surface area contributed by atoms with E-state index in [9.17, 15) is 4.79 Å². The first-order valence-corrected chi connectivity index (χ1v) is 4.48. The average Bonchev–Trinajstić information content (AvgIpc) is 2.63. The van der Waals surface area contributed by atoms with Crippen molar-refractivity contribution in [2.24, 2.45) is 0 Å². The average molecular weight is 206 g/mol. The van der Waals surface area contributed by atoms with E-state index in [4.69, 9.17) is 9.15 Å². The van der Waals surface area contributed by atoms with Gasteiger partial charge in [0.2, 0.25) is 0 Å². The maximum absolute atomic E-state index is 10.6. The molecule has 0 unspecified atom stereocenters. The summed E-state index contributed by atoms with van der Waals surface area (Å²) in [5.74, 6) is 0.421. The molecule has 0 amide bonds. The summed E-state index contributed by atoms with van der Waals surface area (Å²) in [6, 6.07) is 7.59. The highest BCUT2D eigenvalue weighted by molar-refractivity contribution is 5.31. The molecule has 0 atom stereocenters. The second-order valence-corrected chi connectivity index (χ2v) is 3.06. The fraction of sp³-hybridized carbons (Fsp3) is 0.200. The van der Waals surface area contributed by atoms with Crippen LogP contribution in [0.25, 0.3) is 0 Å². The van der Waals surface area contributed by atoms with Gasteiger partial charge in [0, 0.05) is 0 Å². The fourth-order valence-corrected chi connectivity index (χ4v) is 1.18. The maximum atomic E-state index is 10.6. The summed E-state index contributed by atoms with van der Waals surface area (Å²) in [6.07, 6.45) is 0. The Morgan fingerprint density at radius 1 is 1.47 bits per heavy atom. The Morgan fingerprint density at radius 3 is 2.93 bits per heavy atom. The lowest BCUT2D eigenvalue weighted by Crippen LogP contribution is -1.97. The molecule has 0 saturated carbocycles. The molecule has 0 saturated heterocycles. The van der Waals surface area contributed by atoms with Gasteiger partial charge in [0.15, 0.2) is 6.61 Å². The normalized spacial score (nSPS) is 10.2. The van der Waals surface area contributed by atoms with E-state index in [1.807, 2.05) is 31.2 Å². The van der Waals surface area contributed by atoms with Gasteiger partial charge in [0.05, 0.1) is 0 Å². The first kappa shape index (κ1) is 9.51. The zero-order chi connectivity index (χ0) is 10.7. The highest BCUT2D eigenvalue weighted by Crippen LogP contribution is 2.16. The summed E-state index contributed by atoms with van der Waals surface area (Å²) in [5.41, 5.74) is 1.02. The van der Waals surface area contributed by atoms with Crippen LogP contribution in [-0.4, -0.2) is 10.2 Å². The number of aromatic nitrogens is 2. The molecule has 5 nitrogen and oxygen atoms in total. The smallest absolute Gasteiger partial charge is 0.434 e. The van der Waals surface area contributed by atoms with Crippen molar-refractivity contribution in [2.45, 2.75) is 13.5 Å². The number of nitrogens with zero attached hydrogens (tertiary/aromatic N) is 1. The number of benzene rings is 1. The summed E-state index contributed by atoms with van der Waals surface area (Å²) in [6.45, 7) is 2.08. The van der Waals surface area contributed by atoms with Gasteiger partial charge in [0.25, 0.3) is 5.89 Å². The van der Waals surface area contributed by atoms with Gasteiger partial charge in [-0.3, -0.25) is 0 Å². The SMILES string of the molecule is Cc1ccccc1OCc1n[nH]c(=O)o1. The third-order valence-corrected chi connectivity index (χ3v) is 1.93. The number of hydrogen-bond acceptors (Lipinski definition) is 4. The number of aryl methyl sites for hydroxylation is 1. The van der Waals surface area contributed by atoms with Crippen LogP contribution in [0.4, 0.5) is 0 Å². The van der Waals surface area contributed by atoms with Crippen LogP contribution in [0.1, 0.15) is 11.5 Å². The Morgan fingerprint density at radius 2 is 2.27 bits per heavy atom. The van der Waals surface area contributed by atoms with Crippen molar-refractivity contribution < 1.29 is 9.15 Å². The van der Waals surface area contributed by atoms with Gasteiger partial charge in [-0.25, -0.2) is 9.89 Å². The van der Waals surface area contributed by atoms with Gasteiger partial charge >= 0.3 is 5.76 Å². The second-order valence-electron chi connectivity index (χ2n) is 3.06. The molecular formula is C10H10N2O3. The van der Waals surface area contributed by atoms with E-state index in [0.717, 1.165) is 11.3 Å². The standard InChI is InChI=1S/C10H10N2O3/c1-7-4-2-3-5-8(7)14-6-9-11-12-10(13)15-9/h2-5H,6H2,1H3,(H,12,13). The Bertz CT molecular complexity index is 501. The third-order valence-electron chi connectivity index (χ3n) is 1.93. The number of hydrogen-bond donors (Lipinski definition) is 1. The van der Waals surface area contributed by atoms with E-state index in [1.165, 1.54) is 0 Å². The summed E-state index contributed by atoms with van der Waals surface area (Å²) < 4.78 is 10.1. The first-order valence-electron chi connectivity index (χ1n) is 4.48. The molecule has 0 fully saturated rings. The highest BCUT2D eigenvalue weighted by Gasteiger charge is 2.03. The van der Waals surface area contributed by atoms with Crippen molar-refractivity contribution in [3.05, 3.63) is 46.3 Å². The van der Waals surface area contributed by atoms with Gasteiger partial charge in [-0.15, -0.1) is 5.10 Å². The Labute approximate surface area is 85.7 Å². The van der Waals surface area contributed by atoms with Crippen LogP contribution in [0.5, 0.6) is 5.75 Å². The van der Waals surface area contributed by atoms with Crippen LogP contribution in [0.2, 0.25) is 0 Å². The fourth-order valence-electron chi connectivity index (χ4n) is 1.18. The molecule has 15 heavy (non-hydrogen) atoms. The lowest BCUT2D eigenvalue weighted by molar-refractivity contribution is 0.258. The number of nitrogens with one attached hydrogen (secondary N) is 1. The summed E-state index contributed by atoms with van der Waals surface area (Å²) in [4.78, 5) is 10.6. The molecule has 0 spiro atoms. The molecule has 2 rings (SSSR count). The van der Waals surface area contributed by atoms with Crippen molar-refractivity contribution in [3.63, 3.8) is 0 Å². The minimum Gasteiger partial charge on any atom is -0.484 e. The number of rotatable bonds is 3. The van der Waals surface area contributed by atoms with Crippen molar-refractivity contribution in [2.75, 3.05) is 0 Å². The lowest BCUT2D eigenvalue weighted by atomic mass is 10.2. The van der Waals surface area contributed by atoms with Gasteiger partial charge in [-0.05, 0) is 18.6 Å². The first-order chi connectivity index (χ1) is 7.25. The Hall–Kier alpha value is -2.04. The van der Waals surface area contributed by atoms with Crippen molar-refractivity contribution in [1.29, 1.82) is 0 Å². The number of ether oxygens (including phenoxy) is 1. The lowest BCUT2D eigenvalue weighted by Gasteiger charge is -2.05. The molecule has 1 aromatic heterocycles. The van der Waals surface area contributed by atoms with E-state index in [-0.39, 0.29) is 12.5 Å².